The Kier molecular flexibility index (Phi) is 5.78. The smallest absolute Gasteiger partial charge is 0.303 e. The molecule has 0 spiro atoms. The molecule has 6 heteroatoms. The fourth-order valence-corrected chi connectivity index (χ4v) is 4.12. The Morgan fingerprint density at radius 3 is 2.48 bits per heavy atom. The molecule has 0 saturated heterocycles. The molecule has 2 aromatic rings. The van der Waals surface area contributed by atoms with E-state index in [1.165, 1.54) is 6.92 Å². The van der Waals surface area contributed by atoms with E-state index in [0.29, 0.717) is 28.9 Å². The highest BCUT2D eigenvalue weighted by molar-refractivity contribution is 6.08. The highest BCUT2D eigenvalue weighted by atomic mass is 16.6. The van der Waals surface area contributed by atoms with Gasteiger partial charge >= 0.3 is 5.97 Å². The third-order valence-corrected chi connectivity index (χ3v) is 5.69. The molecule has 0 amide bonds. The normalized spacial score (nSPS) is 20.1. The molecule has 0 aliphatic carbocycles. The van der Waals surface area contributed by atoms with Crippen LogP contribution in [0.5, 0.6) is 17.2 Å². The van der Waals surface area contributed by atoms with Gasteiger partial charge in [-0.1, -0.05) is 42.0 Å². The van der Waals surface area contributed by atoms with Gasteiger partial charge in [-0.2, -0.15) is 0 Å². The van der Waals surface area contributed by atoms with Crippen molar-refractivity contribution in [3.05, 3.63) is 70.3 Å². The van der Waals surface area contributed by atoms with Gasteiger partial charge in [0.2, 0.25) is 11.9 Å². The molecule has 2 aliphatic rings. The summed E-state index contributed by atoms with van der Waals surface area (Å²) in [7, 11) is 0. The minimum absolute atomic E-state index is 0.0114. The topological polar surface area (TPSA) is 82.1 Å². The molecule has 2 aliphatic heterocycles. The molecule has 1 N–H and O–H groups in total. The number of allylic oxidation sites excluding steroid dienone is 2. The van der Waals surface area contributed by atoms with E-state index < -0.39 is 29.6 Å². The zero-order chi connectivity index (χ0) is 23.9. The van der Waals surface area contributed by atoms with Gasteiger partial charge in [-0.15, -0.1) is 0 Å². The number of carbonyl (C=O) groups is 2. The van der Waals surface area contributed by atoms with Crippen molar-refractivity contribution < 1.29 is 28.9 Å². The molecule has 0 bridgehead atoms. The second kappa shape index (κ2) is 8.43. The minimum atomic E-state index is -1.22. The third-order valence-electron chi connectivity index (χ3n) is 5.69. The number of phenolic OH excluding ortho intramolecular Hbond substituents is 1. The van der Waals surface area contributed by atoms with Crippen LogP contribution in [0, 0.1) is 0 Å². The van der Waals surface area contributed by atoms with Crippen molar-refractivity contribution >= 4 is 17.8 Å². The van der Waals surface area contributed by atoms with E-state index in [1.54, 1.807) is 6.08 Å². The van der Waals surface area contributed by atoms with Crippen LogP contribution >= 0.6 is 0 Å². The average Bonchev–Trinajstić information content (AvgIpc) is 2.74. The van der Waals surface area contributed by atoms with Gasteiger partial charge in [0, 0.05) is 12.5 Å². The van der Waals surface area contributed by atoms with Crippen LogP contribution in [0.15, 0.2) is 48.1 Å². The highest BCUT2D eigenvalue weighted by Gasteiger charge is 2.45. The molecule has 2 atom stereocenters. The fraction of sp³-hybridized carbons (Fsp3) is 0.333. The number of benzene rings is 2. The molecule has 2 heterocycles. The summed E-state index contributed by atoms with van der Waals surface area (Å²) in [4.78, 5) is 25.5. The maximum absolute atomic E-state index is 13.7. The maximum Gasteiger partial charge on any atom is 0.303 e. The lowest BCUT2D eigenvalue weighted by Gasteiger charge is -2.36. The molecule has 172 valence electrons. The Balaban J connectivity index is 1.97. The Hall–Kier alpha value is -3.54. The summed E-state index contributed by atoms with van der Waals surface area (Å²) in [6, 6.07) is 9.14. The van der Waals surface area contributed by atoms with Crippen molar-refractivity contribution in [3.8, 4) is 17.2 Å². The number of ether oxygens (including phenoxy) is 3. The summed E-state index contributed by atoms with van der Waals surface area (Å²) in [6.07, 6.45) is 3.98. The Morgan fingerprint density at radius 2 is 1.85 bits per heavy atom. The summed E-state index contributed by atoms with van der Waals surface area (Å²) in [5.74, 6) is -0.592. The van der Waals surface area contributed by atoms with Gasteiger partial charge in [-0.25, -0.2) is 0 Å². The lowest BCUT2D eigenvalue weighted by molar-refractivity contribution is -0.148. The third kappa shape index (κ3) is 4.25. The Labute approximate surface area is 193 Å². The summed E-state index contributed by atoms with van der Waals surface area (Å²) in [5, 5.41) is 11.1. The van der Waals surface area contributed by atoms with Gasteiger partial charge in [0.15, 0.2) is 6.10 Å². The number of rotatable bonds is 4. The predicted molar refractivity (Wildman–Crippen MR) is 125 cm³/mol. The summed E-state index contributed by atoms with van der Waals surface area (Å²) < 4.78 is 18.0. The van der Waals surface area contributed by atoms with Gasteiger partial charge in [0.25, 0.3) is 0 Å². The molecule has 0 radical (unpaired) electrons. The molecule has 0 fully saturated rings. The molecule has 0 unspecified atom stereocenters. The van der Waals surface area contributed by atoms with Crippen LogP contribution in [0.1, 0.15) is 67.8 Å². The van der Waals surface area contributed by atoms with E-state index in [1.807, 2.05) is 70.2 Å². The van der Waals surface area contributed by atoms with Gasteiger partial charge in [-0.05, 0) is 51.8 Å². The largest absolute Gasteiger partial charge is 0.506 e. The van der Waals surface area contributed by atoms with Crippen LogP contribution in [0.3, 0.4) is 0 Å². The SMILES string of the molecule is CC(=O)O[C@@H]1C(=O)c2c(O)c3c(c(CC=C(C)C)c2O[C@@H]1c1ccccc1)OC(C)(C)C=C3. The first-order valence-corrected chi connectivity index (χ1v) is 11.0. The van der Waals surface area contributed by atoms with Crippen molar-refractivity contribution in [1.82, 2.24) is 0 Å². The van der Waals surface area contributed by atoms with Crippen LogP contribution in [-0.2, 0) is 16.0 Å². The average molecular weight is 449 g/mol. The number of esters is 1. The van der Waals surface area contributed by atoms with E-state index >= 15 is 0 Å². The van der Waals surface area contributed by atoms with E-state index in [0.717, 1.165) is 5.57 Å². The number of hydrogen-bond acceptors (Lipinski definition) is 6. The first kappa shape index (κ1) is 22.6. The molecular weight excluding hydrogens is 420 g/mol. The highest BCUT2D eigenvalue weighted by Crippen LogP contribution is 2.51. The molecule has 2 aromatic carbocycles. The van der Waals surface area contributed by atoms with E-state index in [4.69, 9.17) is 14.2 Å². The lowest BCUT2D eigenvalue weighted by Crippen LogP contribution is -2.40. The number of fused-ring (bicyclic) bond motifs is 2. The van der Waals surface area contributed by atoms with Crippen molar-refractivity contribution in [2.45, 2.75) is 58.8 Å². The van der Waals surface area contributed by atoms with E-state index in [-0.39, 0.29) is 17.1 Å². The number of ketones is 1. The van der Waals surface area contributed by atoms with Crippen molar-refractivity contribution in [1.29, 1.82) is 0 Å². The molecule has 0 saturated carbocycles. The number of Topliss-reactive ketones (excluding diaryl/α,β-unsaturated/α-hetero) is 1. The van der Waals surface area contributed by atoms with Crippen LogP contribution in [0.2, 0.25) is 0 Å². The first-order valence-electron chi connectivity index (χ1n) is 11.0. The monoisotopic (exact) mass is 448 g/mol. The number of carbonyl (C=O) groups excluding carboxylic acids is 2. The Morgan fingerprint density at radius 1 is 1.15 bits per heavy atom. The zero-order valence-corrected chi connectivity index (χ0v) is 19.5. The van der Waals surface area contributed by atoms with Gasteiger partial charge in [0.05, 0.1) is 5.56 Å². The predicted octanol–water partition coefficient (Wildman–Crippen LogP) is 5.33. The molecule has 4 rings (SSSR count). The summed E-state index contributed by atoms with van der Waals surface area (Å²) in [6.45, 7) is 9.06. The van der Waals surface area contributed by atoms with Gasteiger partial charge in [0.1, 0.15) is 28.4 Å². The Bertz CT molecular complexity index is 1170. The van der Waals surface area contributed by atoms with Crippen LogP contribution < -0.4 is 9.47 Å². The summed E-state index contributed by atoms with van der Waals surface area (Å²) >= 11 is 0. The molecule has 0 aromatic heterocycles. The molecule has 33 heavy (non-hydrogen) atoms. The first-order chi connectivity index (χ1) is 15.6. The van der Waals surface area contributed by atoms with Gasteiger partial charge < -0.3 is 19.3 Å². The molecule has 6 nitrogen and oxygen atoms in total. The van der Waals surface area contributed by atoms with Crippen molar-refractivity contribution in [3.63, 3.8) is 0 Å². The quantitative estimate of drug-likeness (QED) is 0.503. The standard InChI is InChI=1S/C27H28O6/c1-15(2)11-12-19-24-18(13-14-27(4,5)33-24)21(29)20-22(30)26(31-16(3)28)23(32-25(19)20)17-9-7-6-8-10-17/h6-11,13-14,23,26,29H,12H2,1-5H3/t23-,26-/m1/s1. The van der Waals surface area contributed by atoms with E-state index in [9.17, 15) is 14.7 Å². The molecular formula is C27H28O6. The zero-order valence-electron chi connectivity index (χ0n) is 19.5. The minimum Gasteiger partial charge on any atom is -0.506 e. The fourth-order valence-electron chi connectivity index (χ4n) is 4.12. The second-order valence-electron chi connectivity index (χ2n) is 9.14. The van der Waals surface area contributed by atoms with E-state index in [2.05, 4.69) is 0 Å². The lowest BCUT2D eigenvalue weighted by atomic mass is 9.87. The van der Waals surface area contributed by atoms with Crippen LogP contribution in [0.4, 0.5) is 0 Å². The van der Waals surface area contributed by atoms with Crippen LogP contribution in [0.25, 0.3) is 6.08 Å². The van der Waals surface area contributed by atoms with Gasteiger partial charge in [-0.3, -0.25) is 9.59 Å². The number of aromatic hydroxyl groups is 1. The number of hydrogen-bond donors (Lipinski definition) is 1. The van der Waals surface area contributed by atoms with Crippen molar-refractivity contribution in [2.24, 2.45) is 0 Å². The second-order valence-corrected chi connectivity index (χ2v) is 9.14. The summed E-state index contributed by atoms with van der Waals surface area (Å²) in [5.41, 5.74) is 2.29. The number of phenols is 1. The maximum atomic E-state index is 13.7. The van der Waals surface area contributed by atoms with Crippen molar-refractivity contribution in [2.75, 3.05) is 0 Å². The van der Waals surface area contributed by atoms with Crippen LogP contribution in [-0.4, -0.2) is 28.6 Å².